The normalized spacial score (nSPS) is 11.6. The molecular formula is C16H25N3. The molecule has 0 unspecified atom stereocenters. The first-order valence-corrected chi connectivity index (χ1v) is 7.14. The third-order valence-corrected chi connectivity index (χ3v) is 3.38. The lowest BCUT2D eigenvalue weighted by Crippen LogP contribution is -2.17. The van der Waals surface area contributed by atoms with Crippen molar-refractivity contribution < 1.29 is 0 Å². The van der Waals surface area contributed by atoms with Gasteiger partial charge in [0, 0.05) is 31.3 Å². The van der Waals surface area contributed by atoms with Gasteiger partial charge in [0.25, 0.3) is 0 Å². The van der Waals surface area contributed by atoms with Gasteiger partial charge >= 0.3 is 0 Å². The summed E-state index contributed by atoms with van der Waals surface area (Å²) in [6.07, 6.45) is 3.38. The monoisotopic (exact) mass is 259 g/mol. The van der Waals surface area contributed by atoms with E-state index >= 15 is 0 Å². The molecule has 1 heterocycles. The van der Waals surface area contributed by atoms with Crippen LogP contribution in [0, 0.1) is 0 Å². The van der Waals surface area contributed by atoms with Gasteiger partial charge in [-0.1, -0.05) is 13.0 Å². The molecule has 2 rings (SSSR count). The van der Waals surface area contributed by atoms with Crippen molar-refractivity contribution in [1.82, 2.24) is 14.8 Å². The van der Waals surface area contributed by atoms with E-state index in [0.29, 0.717) is 0 Å². The number of aromatic nitrogens is 1. The summed E-state index contributed by atoms with van der Waals surface area (Å²) in [6.45, 7) is 6.36. The van der Waals surface area contributed by atoms with E-state index < -0.39 is 0 Å². The summed E-state index contributed by atoms with van der Waals surface area (Å²) < 4.78 is 2.33. The molecule has 0 bridgehead atoms. The van der Waals surface area contributed by atoms with Gasteiger partial charge in [0.1, 0.15) is 0 Å². The van der Waals surface area contributed by atoms with Crippen LogP contribution in [0.2, 0.25) is 0 Å². The number of likely N-dealkylation sites (N-methyl/N-ethyl adjacent to an activating group) is 1. The molecule has 3 heteroatoms. The van der Waals surface area contributed by atoms with Crippen LogP contribution in [-0.2, 0) is 13.1 Å². The molecule has 0 aliphatic rings. The first-order valence-electron chi connectivity index (χ1n) is 7.14. The molecule has 0 radical (unpaired) electrons. The molecule has 19 heavy (non-hydrogen) atoms. The lowest BCUT2D eigenvalue weighted by atomic mass is 10.1. The van der Waals surface area contributed by atoms with Gasteiger partial charge < -0.3 is 14.8 Å². The van der Waals surface area contributed by atoms with E-state index in [-0.39, 0.29) is 0 Å². The number of nitrogens with zero attached hydrogens (tertiary/aromatic N) is 2. The molecular weight excluding hydrogens is 234 g/mol. The van der Waals surface area contributed by atoms with Crippen molar-refractivity contribution in [2.45, 2.75) is 26.4 Å². The summed E-state index contributed by atoms with van der Waals surface area (Å²) in [6, 6.07) is 8.99. The zero-order valence-electron chi connectivity index (χ0n) is 12.3. The Morgan fingerprint density at radius 1 is 1.21 bits per heavy atom. The van der Waals surface area contributed by atoms with Crippen molar-refractivity contribution in [3.8, 4) is 0 Å². The summed E-state index contributed by atoms with van der Waals surface area (Å²) in [5, 5.41) is 4.79. The molecule has 1 aromatic heterocycles. The summed E-state index contributed by atoms with van der Waals surface area (Å²) in [7, 11) is 4.23. The molecule has 0 atom stereocenters. The van der Waals surface area contributed by atoms with Gasteiger partial charge in [0.2, 0.25) is 0 Å². The van der Waals surface area contributed by atoms with Gasteiger partial charge in [0.15, 0.2) is 0 Å². The minimum atomic E-state index is 0.965. The minimum Gasteiger partial charge on any atom is -0.346 e. The molecule has 0 aliphatic carbocycles. The largest absolute Gasteiger partial charge is 0.346 e. The highest BCUT2D eigenvalue weighted by molar-refractivity contribution is 5.80. The second-order valence-corrected chi connectivity index (χ2v) is 5.38. The van der Waals surface area contributed by atoms with E-state index in [4.69, 9.17) is 0 Å². The number of rotatable bonds is 7. The van der Waals surface area contributed by atoms with Gasteiger partial charge in [-0.2, -0.15) is 0 Å². The Balaban J connectivity index is 2.08. The quantitative estimate of drug-likeness (QED) is 0.772. The van der Waals surface area contributed by atoms with E-state index in [1.165, 1.54) is 22.9 Å². The SMILES string of the molecule is CCCNCc1ccc2c(ccn2CCN(C)C)c1. The zero-order valence-corrected chi connectivity index (χ0v) is 12.3. The number of hydrogen-bond donors (Lipinski definition) is 1. The number of nitrogens with one attached hydrogen (secondary N) is 1. The Bertz CT molecular complexity index is 514. The first-order chi connectivity index (χ1) is 9.20. The number of fused-ring (bicyclic) bond motifs is 1. The molecule has 1 N–H and O–H groups in total. The first kappa shape index (κ1) is 14.1. The van der Waals surface area contributed by atoms with E-state index in [2.05, 4.69) is 66.3 Å². The topological polar surface area (TPSA) is 20.2 Å². The van der Waals surface area contributed by atoms with E-state index in [0.717, 1.165) is 26.2 Å². The van der Waals surface area contributed by atoms with Crippen molar-refractivity contribution >= 4 is 10.9 Å². The molecule has 0 amide bonds. The molecule has 0 saturated carbocycles. The van der Waals surface area contributed by atoms with Gasteiger partial charge in [0.05, 0.1) is 0 Å². The smallest absolute Gasteiger partial charge is 0.0480 e. The van der Waals surface area contributed by atoms with Gasteiger partial charge in [-0.25, -0.2) is 0 Å². The fraction of sp³-hybridized carbons (Fsp3) is 0.500. The van der Waals surface area contributed by atoms with Gasteiger partial charge in [-0.05, 0) is 56.2 Å². The Kier molecular flexibility index (Phi) is 5.00. The fourth-order valence-corrected chi connectivity index (χ4v) is 2.27. The molecule has 3 nitrogen and oxygen atoms in total. The molecule has 104 valence electrons. The maximum atomic E-state index is 3.45. The average Bonchev–Trinajstić information content (AvgIpc) is 2.79. The minimum absolute atomic E-state index is 0.965. The Morgan fingerprint density at radius 2 is 2.05 bits per heavy atom. The second-order valence-electron chi connectivity index (χ2n) is 5.38. The molecule has 0 spiro atoms. The third kappa shape index (κ3) is 3.82. The van der Waals surface area contributed by atoms with Crippen molar-refractivity contribution in [2.24, 2.45) is 0 Å². The summed E-state index contributed by atoms with van der Waals surface area (Å²) in [4.78, 5) is 2.22. The fourth-order valence-electron chi connectivity index (χ4n) is 2.27. The number of hydrogen-bond acceptors (Lipinski definition) is 2. The van der Waals surface area contributed by atoms with Crippen molar-refractivity contribution in [1.29, 1.82) is 0 Å². The van der Waals surface area contributed by atoms with Crippen LogP contribution in [0.1, 0.15) is 18.9 Å². The van der Waals surface area contributed by atoms with Crippen LogP contribution in [0.5, 0.6) is 0 Å². The van der Waals surface area contributed by atoms with Gasteiger partial charge in [-0.3, -0.25) is 0 Å². The molecule has 1 aromatic carbocycles. The molecule has 2 aromatic rings. The number of benzene rings is 1. The summed E-state index contributed by atoms with van der Waals surface area (Å²) in [5.41, 5.74) is 2.70. The summed E-state index contributed by atoms with van der Waals surface area (Å²) >= 11 is 0. The Labute approximate surface area is 116 Å². The highest BCUT2D eigenvalue weighted by Gasteiger charge is 2.02. The predicted octanol–water partition coefficient (Wildman–Crippen LogP) is 2.70. The highest BCUT2D eigenvalue weighted by atomic mass is 15.1. The van der Waals surface area contributed by atoms with Crippen LogP contribution in [0.3, 0.4) is 0 Å². The average molecular weight is 259 g/mol. The van der Waals surface area contributed by atoms with Crippen LogP contribution in [0.15, 0.2) is 30.5 Å². The summed E-state index contributed by atoms with van der Waals surface area (Å²) in [5.74, 6) is 0. The van der Waals surface area contributed by atoms with E-state index in [9.17, 15) is 0 Å². The maximum Gasteiger partial charge on any atom is 0.0480 e. The van der Waals surface area contributed by atoms with Crippen LogP contribution in [0.4, 0.5) is 0 Å². The predicted molar refractivity (Wildman–Crippen MR) is 82.5 cm³/mol. The van der Waals surface area contributed by atoms with Crippen molar-refractivity contribution in [3.05, 3.63) is 36.0 Å². The molecule has 0 fully saturated rings. The van der Waals surface area contributed by atoms with Crippen LogP contribution >= 0.6 is 0 Å². The highest BCUT2D eigenvalue weighted by Crippen LogP contribution is 2.17. The third-order valence-electron chi connectivity index (χ3n) is 3.38. The second kappa shape index (κ2) is 6.73. The molecule has 0 aliphatic heterocycles. The Morgan fingerprint density at radius 3 is 2.79 bits per heavy atom. The van der Waals surface area contributed by atoms with E-state index in [1.54, 1.807) is 0 Å². The van der Waals surface area contributed by atoms with Crippen LogP contribution in [-0.4, -0.2) is 36.7 Å². The van der Waals surface area contributed by atoms with Crippen LogP contribution in [0.25, 0.3) is 10.9 Å². The van der Waals surface area contributed by atoms with Gasteiger partial charge in [-0.15, -0.1) is 0 Å². The maximum absolute atomic E-state index is 3.45. The van der Waals surface area contributed by atoms with Crippen molar-refractivity contribution in [2.75, 3.05) is 27.2 Å². The lowest BCUT2D eigenvalue weighted by molar-refractivity contribution is 0.387. The Hall–Kier alpha value is -1.32. The lowest BCUT2D eigenvalue weighted by Gasteiger charge is -2.11. The standard InChI is InChI=1S/C16H25N3/c1-4-8-17-13-14-5-6-16-15(12-14)7-9-19(16)11-10-18(2)3/h5-7,9,12,17H,4,8,10-11,13H2,1-3H3. The van der Waals surface area contributed by atoms with E-state index in [1.807, 2.05) is 0 Å². The van der Waals surface area contributed by atoms with Crippen LogP contribution < -0.4 is 5.32 Å². The van der Waals surface area contributed by atoms with Crippen molar-refractivity contribution in [3.63, 3.8) is 0 Å². The molecule has 0 saturated heterocycles. The zero-order chi connectivity index (χ0) is 13.7.